The molecule has 0 spiro atoms. The van der Waals surface area contributed by atoms with Crippen molar-refractivity contribution in [2.45, 2.75) is 18.9 Å². The van der Waals surface area contributed by atoms with E-state index in [0.717, 1.165) is 6.61 Å². The number of nitrogens with one attached hydrogen (secondary N) is 1. The molecule has 1 fully saturated rings. The van der Waals surface area contributed by atoms with Crippen molar-refractivity contribution in [3.05, 3.63) is 0 Å². The smallest absolute Gasteiger partial charge is 0.328 e. The summed E-state index contributed by atoms with van der Waals surface area (Å²) in [4.78, 5) is 23.5. The lowest BCUT2D eigenvalue weighted by Crippen LogP contribution is -2.49. The first kappa shape index (κ1) is 14.7. The number of ether oxygens (including phenoxy) is 1. The van der Waals surface area contributed by atoms with Crippen molar-refractivity contribution in [1.82, 2.24) is 10.2 Å². The second-order valence-electron chi connectivity index (χ2n) is 4.46. The Labute approximate surface area is 106 Å². The molecule has 0 saturated heterocycles. The molecule has 0 aromatic heterocycles. The third-order valence-corrected chi connectivity index (χ3v) is 2.75. The summed E-state index contributed by atoms with van der Waals surface area (Å²) >= 11 is 0. The number of carbonyl (C=O) groups excluding carboxylic acids is 1. The van der Waals surface area contributed by atoms with Gasteiger partial charge in [0, 0.05) is 20.2 Å². The fraction of sp³-hybridized carbons (Fsp3) is 0.818. The van der Waals surface area contributed by atoms with Crippen molar-refractivity contribution in [2.75, 3.05) is 33.4 Å². The minimum atomic E-state index is -1.27. The van der Waals surface area contributed by atoms with Gasteiger partial charge in [0.25, 0.3) is 0 Å². The van der Waals surface area contributed by atoms with Crippen molar-refractivity contribution in [1.29, 1.82) is 0 Å². The predicted molar refractivity (Wildman–Crippen MR) is 63.2 cm³/mol. The largest absolute Gasteiger partial charge is 0.480 e. The van der Waals surface area contributed by atoms with Crippen molar-refractivity contribution in [3.8, 4) is 0 Å². The average Bonchev–Trinajstić information content (AvgIpc) is 3.14. The number of urea groups is 1. The molecule has 18 heavy (non-hydrogen) atoms. The molecule has 104 valence electrons. The van der Waals surface area contributed by atoms with Crippen LogP contribution in [0.1, 0.15) is 12.8 Å². The van der Waals surface area contributed by atoms with E-state index in [9.17, 15) is 9.59 Å². The Hall–Kier alpha value is -1.34. The van der Waals surface area contributed by atoms with Gasteiger partial charge in [-0.05, 0) is 18.8 Å². The standard InChI is InChI=1S/C11H20N2O5/c1-13(4-5-18-7-8-2-3-8)11(17)12-9(6-14)10(15)16/h8-9,14H,2-7H2,1H3,(H,12,17)(H,15,16)/t9-/m0/s1. The topological polar surface area (TPSA) is 99.1 Å². The number of rotatable bonds is 8. The van der Waals surface area contributed by atoms with Gasteiger partial charge >= 0.3 is 12.0 Å². The van der Waals surface area contributed by atoms with E-state index < -0.39 is 24.6 Å². The number of hydrogen-bond donors (Lipinski definition) is 3. The summed E-state index contributed by atoms with van der Waals surface area (Å²) in [6, 6.07) is -1.81. The molecule has 1 aliphatic rings. The molecule has 1 atom stereocenters. The van der Waals surface area contributed by atoms with Crippen LogP contribution in [-0.4, -0.2) is 66.6 Å². The van der Waals surface area contributed by atoms with E-state index in [1.165, 1.54) is 17.7 Å². The lowest BCUT2D eigenvalue weighted by molar-refractivity contribution is -0.140. The first-order chi connectivity index (χ1) is 8.54. The maximum Gasteiger partial charge on any atom is 0.328 e. The molecule has 0 aromatic rings. The summed E-state index contributed by atoms with van der Waals surface area (Å²) in [6.07, 6.45) is 2.43. The fourth-order valence-electron chi connectivity index (χ4n) is 1.28. The summed E-state index contributed by atoms with van der Waals surface area (Å²) in [6.45, 7) is 0.907. The molecule has 0 unspecified atom stereocenters. The van der Waals surface area contributed by atoms with E-state index in [0.29, 0.717) is 19.1 Å². The molecule has 1 rings (SSSR count). The number of carbonyl (C=O) groups is 2. The lowest BCUT2D eigenvalue weighted by Gasteiger charge is -2.20. The zero-order valence-corrected chi connectivity index (χ0v) is 10.5. The summed E-state index contributed by atoms with van der Waals surface area (Å²) < 4.78 is 5.37. The minimum Gasteiger partial charge on any atom is -0.480 e. The van der Waals surface area contributed by atoms with Crippen LogP contribution in [0.4, 0.5) is 4.79 Å². The van der Waals surface area contributed by atoms with Crippen LogP contribution in [0.15, 0.2) is 0 Å². The number of aliphatic carboxylic acids is 1. The Balaban J connectivity index is 2.15. The SMILES string of the molecule is CN(CCOCC1CC1)C(=O)N[C@@H](CO)C(=O)O. The van der Waals surface area contributed by atoms with E-state index in [4.69, 9.17) is 14.9 Å². The molecule has 1 aliphatic carbocycles. The zero-order valence-electron chi connectivity index (χ0n) is 10.5. The maximum absolute atomic E-state index is 11.5. The van der Waals surface area contributed by atoms with Crippen LogP contribution in [0.5, 0.6) is 0 Å². The summed E-state index contributed by atoms with van der Waals surface area (Å²) in [5.41, 5.74) is 0. The highest BCUT2D eigenvalue weighted by Crippen LogP contribution is 2.28. The number of aliphatic hydroxyl groups is 1. The molecular weight excluding hydrogens is 240 g/mol. The van der Waals surface area contributed by atoms with Crippen molar-refractivity contribution in [2.24, 2.45) is 5.92 Å². The molecule has 2 amide bonds. The molecule has 0 heterocycles. The Bertz CT molecular complexity index is 293. The van der Waals surface area contributed by atoms with Gasteiger partial charge in [-0.1, -0.05) is 0 Å². The lowest BCUT2D eigenvalue weighted by atomic mass is 10.3. The van der Waals surface area contributed by atoms with E-state index in [2.05, 4.69) is 5.32 Å². The van der Waals surface area contributed by atoms with Gasteiger partial charge in [-0.15, -0.1) is 0 Å². The van der Waals surface area contributed by atoms with E-state index in [-0.39, 0.29) is 0 Å². The van der Waals surface area contributed by atoms with Crippen LogP contribution < -0.4 is 5.32 Å². The minimum absolute atomic E-state index is 0.385. The van der Waals surface area contributed by atoms with Gasteiger partial charge in [-0.25, -0.2) is 9.59 Å². The van der Waals surface area contributed by atoms with Crippen LogP contribution in [0.2, 0.25) is 0 Å². The monoisotopic (exact) mass is 260 g/mol. The highest BCUT2D eigenvalue weighted by Gasteiger charge is 2.22. The van der Waals surface area contributed by atoms with Crippen LogP contribution >= 0.6 is 0 Å². The normalized spacial score (nSPS) is 16.1. The van der Waals surface area contributed by atoms with Gasteiger partial charge in [0.1, 0.15) is 0 Å². The molecule has 7 heteroatoms. The van der Waals surface area contributed by atoms with Crippen LogP contribution in [0, 0.1) is 5.92 Å². The van der Waals surface area contributed by atoms with E-state index in [1.807, 2.05) is 0 Å². The van der Waals surface area contributed by atoms with Gasteiger partial charge in [-0.2, -0.15) is 0 Å². The number of hydrogen-bond acceptors (Lipinski definition) is 4. The number of nitrogens with zero attached hydrogens (tertiary/aromatic N) is 1. The van der Waals surface area contributed by atoms with Gasteiger partial charge in [0.2, 0.25) is 0 Å². The predicted octanol–water partition coefficient (Wildman–Crippen LogP) is -0.500. The molecule has 3 N–H and O–H groups in total. The van der Waals surface area contributed by atoms with Crippen LogP contribution in [-0.2, 0) is 9.53 Å². The van der Waals surface area contributed by atoms with E-state index in [1.54, 1.807) is 7.05 Å². The molecule has 0 aromatic carbocycles. The number of carboxylic acids is 1. The fourth-order valence-corrected chi connectivity index (χ4v) is 1.28. The summed E-state index contributed by atoms with van der Waals surface area (Å²) in [5.74, 6) is -0.584. The molecule has 1 saturated carbocycles. The number of carboxylic acid groups (broad SMARTS) is 1. The third-order valence-electron chi connectivity index (χ3n) is 2.75. The third kappa shape index (κ3) is 5.33. The second kappa shape index (κ2) is 7.17. The number of aliphatic hydroxyl groups excluding tert-OH is 1. The second-order valence-corrected chi connectivity index (χ2v) is 4.46. The van der Waals surface area contributed by atoms with E-state index >= 15 is 0 Å². The Morgan fingerprint density at radius 1 is 1.50 bits per heavy atom. The molecular formula is C11H20N2O5. The Morgan fingerprint density at radius 3 is 2.67 bits per heavy atom. The summed E-state index contributed by atoms with van der Waals surface area (Å²) in [5, 5.41) is 19.6. The van der Waals surface area contributed by atoms with Gasteiger partial charge in [-0.3, -0.25) is 0 Å². The van der Waals surface area contributed by atoms with Gasteiger partial charge in [0.05, 0.1) is 13.2 Å². The molecule has 7 nitrogen and oxygen atoms in total. The average molecular weight is 260 g/mol. The number of amides is 2. The first-order valence-corrected chi connectivity index (χ1v) is 5.97. The molecule has 0 bridgehead atoms. The zero-order chi connectivity index (χ0) is 13.5. The van der Waals surface area contributed by atoms with Crippen molar-refractivity contribution >= 4 is 12.0 Å². The quantitative estimate of drug-likeness (QED) is 0.511. The summed E-state index contributed by atoms with van der Waals surface area (Å²) in [7, 11) is 1.55. The van der Waals surface area contributed by atoms with Crippen LogP contribution in [0.25, 0.3) is 0 Å². The molecule has 0 aliphatic heterocycles. The van der Waals surface area contributed by atoms with Crippen molar-refractivity contribution < 1.29 is 24.5 Å². The number of likely N-dealkylation sites (N-methyl/N-ethyl adjacent to an activating group) is 1. The Kier molecular flexibility index (Phi) is 5.87. The first-order valence-electron chi connectivity index (χ1n) is 5.97. The van der Waals surface area contributed by atoms with Gasteiger partial charge in [0.15, 0.2) is 6.04 Å². The van der Waals surface area contributed by atoms with Crippen LogP contribution in [0.3, 0.4) is 0 Å². The highest BCUT2D eigenvalue weighted by molar-refractivity contribution is 5.82. The Morgan fingerprint density at radius 2 is 2.17 bits per heavy atom. The maximum atomic E-state index is 11.5. The highest BCUT2D eigenvalue weighted by atomic mass is 16.5. The van der Waals surface area contributed by atoms with Gasteiger partial charge < -0.3 is 25.2 Å². The molecule has 0 radical (unpaired) electrons. The van der Waals surface area contributed by atoms with Crippen molar-refractivity contribution in [3.63, 3.8) is 0 Å².